The van der Waals surface area contributed by atoms with E-state index in [-0.39, 0.29) is 11.7 Å². The highest BCUT2D eigenvalue weighted by Crippen LogP contribution is 2.37. The van der Waals surface area contributed by atoms with Crippen LogP contribution >= 0.6 is 0 Å². The summed E-state index contributed by atoms with van der Waals surface area (Å²) in [5, 5.41) is 10.1. The zero-order valence-electron chi connectivity index (χ0n) is 19.3. The summed E-state index contributed by atoms with van der Waals surface area (Å²) in [4.78, 5) is 9.65. The second-order valence-electron chi connectivity index (χ2n) is 9.14. The summed E-state index contributed by atoms with van der Waals surface area (Å²) >= 11 is 0. The van der Waals surface area contributed by atoms with Crippen LogP contribution < -0.4 is 4.90 Å². The van der Waals surface area contributed by atoms with E-state index in [1.54, 1.807) is 6.07 Å². The van der Waals surface area contributed by atoms with E-state index >= 15 is 0 Å². The van der Waals surface area contributed by atoms with Crippen LogP contribution in [0, 0.1) is 23.1 Å². The van der Waals surface area contributed by atoms with Gasteiger partial charge >= 0.3 is 0 Å². The zero-order chi connectivity index (χ0) is 22.7. The fourth-order valence-corrected chi connectivity index (χ4v) is 4.95. The number of hydrogen-bond donors (Lipinski definition) is 0. The van der Waals surface area contributed by atoms with Crippen LogP contribution in [0.3, 0.4) is 0 Å². The molecule has 1 saturated heterocycles. The summed E-state index contributed by atoms with van der Waals surface area (Å²) in [6, 6.07) is 17.3. The number of rotatable bonds is 7. The molecule has 5 nitrogen and oxygen atoms in total. The van der Waals surface area contributed by atoms with Crippen molar-refractivity contribution < 1.29 is 4.39 Å². The molecule has 1 aliphatic heterocycles. The Morgan fingerprint density at radius 3 is 2.50 bits per heavy atom. The number of imidazole rings is 1. The molecule has 1 atom stereocenters. The van der Waals surface area contributed by atoms with Gasteiger partial charge in [0.25, 0.3) is 0 Å². The van der Waals surface area contributed by atoms with E-state index in [0.717, 1.165) is 68.1 Å². The largest absolute Gasteiger partial charge is 0.340 e. The van der Waals surface area contributed by atoms with E-state index in [0.29, 0.717) is 0 Å². The molecule has 1 fully saturated rings. The van der Waals surface area contributed by atoms with Gasteiger partial charge in [-0.25, -0.2) is 9.37 Å². The summed E-state index contributed by atoms with van der Waals surface area (Å²) in [5.41, 5.74) is 2.33. The van der Waals surface area contributed by atoms with E-state index in [2.05, 4.69) is 53.5 Å². The lowest BCUT2D eigenvalue weighted by Gasteiger charge is -2.36. The third-order valence-electron chi connectivity index (χ3n) is 6.99. The normalized spacial score (nSPS) is 16.9. The van der Waals surface area contributed by atoms with Gasteiger partial charge in [-0.3, -0.25) is 4.90 Å². The maximum atomic E-state index is 13.9. The average molecular weight is 434 g/mol. The second-order valence-corrected chi connectivity index (χ2v) is 9.14. The molecule has 4 rings (SSSR count). The summed E-state index contributed by atoms with van der Waals surface area (Å²) in [6.45, 7) is 8.90. The van der Waals surface area contributed by atoms with Crippen LogP contribution in [0.5, 0.6) is 0 Å². The second kappa shape index (κ2) is 9.30. The van der Waals surface area contributed by atoms with Crippen molar-refractivity contribution in [2.75, 3.05) is 37.6 Å². The quantitative estimate of drug-likeness (QED) is 0.540. The molecule has 0 bridgehead atoms. The van der Waals surface area contributed by atoms with Crippen molar-refractivity contribution in [3.8, 4) is 6.07 Å². The van der Waals surface area contributed by atoms with Gasteiger partial charge in [0.1, 0.15) is 5.82 Å². The Bertz CT molecular complexity index is 1110. The predicted molar refractivity (Wildman–Crippen MR) is 127 cm³/mol. The molecule has 0 spiro atoms. The van der Waals surface area contributed by atoms with Gasteiger partial charge in [0.2, 0.25) is 5.95 Å². The molecule has 6 heteroatoms. The highest BCUT2D eigenvalue weighted by molar-refractivity contribution is 5.78. The van der Waals surface area contributed by atoms with Crippen molar-refractivity contribution >= 4 is 17.0 Å². The Kier molecular flexibility index (Phi) is 6.48. The van der Waals surface area contributed by atoms with Crippen molar-refractivity contribution in [3.05, 3.63) is 59.9 Å². The number of aromatic nitrogens is 2. The zero-order valence-corrected chi connectivity index (χ0v) is 19.3. The summed E-state index contributed by atoms with van der Waals surface area (Å²) in [5.74, 6) is 0.866. The van der Waals surface area contributed by atoms with E-state index < -0.39 is 5.41 Å². The molecule has 0 saturated carbocycles. The Hall–Kier alpha value is -2.91. The molecule has 1 aromatic heterocycles. The molecule has 168 valence electrons. The first-order valence-corrected chi connectivity index (χ1v) is 11.5. The van der Waals surface area contributed by atoms with Crippen LogP contribution in [-0.4, -0.2) is 47.2 Å². The summed E-state index contributed by atoms with van der Waals surface area (Å²) in [6.07, 6.45) is 1.64. The third-order valence-corrected chi connectivity index (χ3v) is 6.99. The van der Waals surface area contributed by atoms with Gasteiger partial charge in [-0.1, -0.05) is 38.1 Å². The fraction of sp³-hybridized carbons (Fsp3) is 0.462. The number of anilines is 1. The molecule has 1 aliphatic rings. The molecule has 0 amide bonds. The number of fused-ring (bicyclic) bond motifs is 1. The van der Waals surface area contributed by atoms with Crippen LogP contribution in [-0.2, 0) is 12.5 Å². The molecule has 0 N–H and O–H groups in total. The van der Waals surface area contributed by atoms with Crippen molar-refractivity contribution in [1.82, 2.24) is 14.5 Å². The molecule has 0 aliphatic carbocycles. The Morgan fingerprint density at radius 1 is 1.09 bits per heavy atom. The number of piperazine rings is 1. The van der Waals surface area contributed by atoms with Gasteiger partial charge in [-0.2, -0.15) is 5.26 Å². The van der Waals surface area contributed by atoms with E-state index in [9.17, 15) is 9.65 Å². The topological polar surface area (TPSA) is 48.1 Å². The molecule has 32 heavy (non-hydrogen) atoms. The minimum atomic E-state index is -0.656. The van der Waals surface area contributed by atoms with E-state index in [1.807, 2.05) is 18.2 Å². The highest BCUT2D eigenvalue weighted by atomic mass is 19.1. The first-order chi connectivity index (χ1) is 15.4. The van der Waals surface area contributed by atoms with Gasteiger partial charge in [-0.05, 0) is 55.1 Å². The highest BCUT2D eigenvalue weighted by Gasteiger charge is 2.36. The monoisotopic (exact) mass is 433 g/mol. The van der Waals surface area contributed by atoms with Crippen LogP contribution in [0.2, 0.25) is 0 Å². The Morgan fingerprint density at radius 2 is 1.84 bits per heavy atom. The van der Waals surface area contributed by atoms with Crippen LogP contribution in [0.1, 0.15) is 32.3 Å². The number of para-hydroxylation sites is 2. The minimum absolute atomic E-state index is 0.115. The fourth-order valence-electron chi connectivity index (χ4n) is 4.95. The first-order valence-electron chi connectivity index (χ1n) is 11.5. The smallest absolute Gasteiger partial charge is 0.206 e. The number of nitrogens with zero attached hydrogens (tertiary/aromatic N) is 5. The van der Waals surface area contributed by atoms with Gasteiger partial charge < -0.3 is 9.47 Å². The van der Waals surface area contributed by atoms with Crippen molar-refractivity contribution in [1.29, 1.82) is 5.26 Å². The van der Waals surface area contributed by atoms with Crippen LogP contribution in [0.15, 0.2) is 48.5 Å². The van der Waals surface area contributed by atoms with Crippen LogP contribution in [0.25, 0.3) is 11.0 Å². The number of nitriles is 1. The number of hydrogen-bond acceptors (Lipinski definition) is 4. The van der Waals surface area contributed by atoms with Gasteiger partial charge in [0.15, 0.2) is 0 Å². The standard InChI is InChI=1S/C26H32FN5/c1-20(2)26(19-28,21-8-6-9-22(27)18-21)12-7-13-31-14-16-32(17-15-31)25-29-23-10-4-5-11-24(23)30(25)3/h4-6,8-11,18,20H,7,12-17H2,1-3H3. The lowest BCUT2D eigenvalue weighted by Crippen LogP contribution is -2.47. The minimum Gasteiger partial charge on any atom is -0.340 e. The molecule has 1 unspecified atom stereocenters. The van der Waals surface area contributed by atoms with Gasteiger partial charge in [0.05, 0.1) is 22.5 Å². The molecular weight excluding hydrogens is 401 g/mol. The molecule has 2 aromatic carbocycles. The third kappa shape index (κ3) is 4.22. The molecular formula is C26H32FN5. The summed E-state index contributed by atoms with van der Waals surface area (Å²) in [7, 11) is 2.08. The number of halogens is 1. The lowest BCUT2D eigenvalue weighted by molar-refractivity contribution is 0.238. The Balaban J connectivity index is 1.36. The summed E-state index contributed by atoms with van der Waals surface area (Å²) < 4.78 is 16.0. The van der Waals surface area contributed by atoms with Crippen LogP contribution in [0.4, 0.5) is 10.3 Å². The SMILES string of the molecule is CC(C)C(C#N)(CCCN1CCN(c2nc3ccccc3n2C)CC1)c1cccc(F)c1. The number of aryl methyl sites for hydroxylation is 1. The molecule has 3 aromatic rings. The van der Waals surface area contributed by atoms with E-state index in [4.69, 9.17) is 4.98 Å². The van der Waals surface area contributed by atoms with Crippen molar-refractivity contribution in [3.63, 3.8) is 0 Å². The van der Waals surface area contributed by atoms with Gasteiger partial charge in [0, 0.05) is 33.2 Å². The van der Waals surface area contributed by atoms with Gasteiger partial charge in [-0.15, -0.1) is 0 Å². The predicted octanol–water partition coefficient (Wildman–Crippen LogP) is 4.73. The van der Waals surface area contributed by atoms with Crippen molar-refractivity contribution in [2.24, 2.45) is 13.0 Å². The lowest BCUT2D eigenvalue weighted by atomic mass is 9.70. The average Bonchev–Trinajstić information content (AvgIpc) is 3.14. The molecule has 0 radical (unpaired) electrons. The van der Waals surface area contributed by atoms with Crippen molar-refractivity contribution in [2.45, 2.75) is 32.1 Å². The number of benzene rings is 2. The maximum absolute atomic E-state index is 13.9. The first kappa shape index (κ1) is 22.3. The maximum Gasteiger partial charge on any atom is 0.206 e. The van der Waals surface area contributed by atoms with E-state index in [1.165, 1.54) is 12.1 Å². The molecule has 2 heterocycles. The Labute approximate surface area is 190 Å².